The second kappa shape index (κ2) is 10.2. The minimum Gasteiger partial charge on any atom is -0.303 e. The lowest BCUT2D eigenvalue weighted by Crippen LogP contribution is -2.38. The maximum absolute atomic E-state index is 13.3. The Hall–Kier alpha value is -2.84. The molecule has 0 radical (unpaired) electrons. The number of aryl methyl sites for hydroxylation is 1. The van der Waals surface area contributed by atoms with Crippen molar-refractivity contribution in [2.45, 2.75) is 30.4 Å². The first kappa shape index (κ1) is 22.4. The Morgan fingerprint density at radius 2 is 1.44 bits per heavy atom. The summed E-state index contributed by atoms with van der Waals surface area (Å²) in [7, 11) is -3.75. The van der Waals surface area contributed by atoms with E-state index in [1.165, 1.54) is 11.3 Å². The molecule has 0 aliphatic carbocycles. The molecule has 5 nitrogen and oxygen atoms in total. The average Bonchev–Trinajstić information content (AvgIpc) is 3.34. The molecule has 32 heavy (non-hydrogen) atoms. The standard InChI is InChI=1S/C25H25N3O2S2/c1-19-12-14-23(15-13-19)32(29,30)28-25(21-10-6-3-7-11-21)24(20-8-4-2-5-9-20)26-16-22-17-31-18-27-22/h2-15,17-18,24-26,28H,16H2,1H3/t24-,25-/m1/s1. The van der Waals surface area contributed by atoms with Crippen molar-refractivity contribution in [3.05, 3.63) is 118 Å². The van der Waals surface area contributed by atoms with E-state index in [2.05, 4.69) is 15.0 Å². The van der Waals surface area contributed by atoms with Crippen molar-refractivity contribution in [2.75, 3.05) is 0 Å². The summed E-state index contributed by atoms with van der Waals surface area (Å²) < 4.78 is 29.7. The van der Waals surface area contributed by atoms with Crippen LogP contribution in [-0.4, -0.2) is 13.4 Å². The summed E-state index contributed by atoms with van der Waals surface area (Å²) in [6.45, 7) is 2.46. The highest BCUT2D eigenvalue weighted by molar-refractivity contribution is 7.89. The maximum Gasteiger partial charge on any atom is 0.241 e. The minimum atomic E-state index is -3.75. The highest BCUT2D eigenvalue weighted by atomic mass is 32.2. The van der Waals surface area contributed by atoms with Crippen LogP contribution in [0, 0.1) is 6.92 Å². The van der Waals surface area contributed by atoms with Crippen LogP contribution in [0.1, 0.15) is 34.5 Å². The van der Waals surface area contributed by atoms with Crippen LogP contribution in [-0.2, 0) is 16.6 Å². The molecule has 2 N–H and O–H groups in total. The van der Waals surface area contributed by atoms with Crippen molar-refractivity contribution in [1.82, 2.24) is 15.0 Å². The van der Waals surface area contributed by atoms with Gasteiger partial charge in [0.1, 0.15) is 0 Å². The summed E-state index contributed by atoms with van der Waals surface area (Å²) in [5.41, 5.74) is 5.59. The molecule has 4 aromatic rings. The van der Waals surface area contributed by atoms with Crippen LogP contribution in [0.15, 0.2) is 101 Å². The van der Waals surface area contributed by atoms with Gasteiger partial charge in [-0.1, -0.05) is 78.4 Å². The van der Waals surface area contributed by atoms with E-state index in [0.717, 1.165) is 22.4 Å². The number of thiazole rings is 1. The molecular weight excluding hydrogens is 438 g/mol. The van der Waals surface area contributed by atoms with Gasteiger partial charge in [0.2, 0.25) is 10.0 Å². The van der Waals surface area contributed by atoms with Crippen molar-refractivity contribution in [1.29, 1.82) is 0 Å². The molecule has 2 atom stereocenters. The van der Waals surface area contributed by atoms with Crippen LogP contribution >= 0.6 is 11.3 Å². The molecule has 0 bridgehead atoms. The second-order valence-corrected chi connectivity index (χ2v) is 10.0. The average molecular weight is 464 g/mol. The fourth-order valence-electron chi connectivity index (χ4n) is 3.57. The normalized spacial score (nSPS) is 13.5. The van der Waals surface area contributed by atoms with E-state index in [0.29, 0.717) is 6.54 Å². The molecule has 1 aromatic heterocycles. The molecule has 0 saturated carbocycles. The largest absolute Gasteiger partial charge is 0.303 e. The first-order valence-electron chi connectivity index (χ1n) is 10.3. The van der Waals surface area contributed by atoms with E-state index in [9.17, 15) is 8.42 Å². The van der Waals surface area contributed by atoms with Crippen LogP contribution in [0.4, 0.5) is 0 Å². The zero-order valence-electron chi connectivity index (χ0n) is 17.7. The van der Waals surface area contributed by atoms with Crippen LogP contribution < -0.4 is 10.0 Å². The van der Waals surface area contributed by atoms with Crippen molar-refractivity contribution in [3.63, 3.8) is 0 Å². The minimum absolute atomic E-state index is 0.246. The van der Waals surface area contributed by atoms with Gasteiger partial charge in [-0.15, -0.1) is 11.3 Å². The van der Waals surface area contributed by atoms with Crippen LogP contribution in [0.5, 0.6) is 0 Å². The predicted molar refractivity (Wildman–Crippen MR) is 129 cm³/mol. The summed E-state index contributed by atoms with van der Waals surface area (Å²) in [6, 6.07) is 25.6. The van der Waals surface area contributed by atoms with Crippen LogP contribution in [0.2, 0.25) is 0 Å². The highest BCUT2D eigenvalue weighted by Gasteiger charge is 2.29. The lowest BCUT2D eigenvalue weighted by atomic mass is 9.94. The van der Waals surface area contributed by atoms with Gasteiger partial charge in [0.05, 0.1) is 28.2 Å². The third kappa shape index (κ3) is 5.49. The summed E-state index contributed by atoms with van der Waals surface area (Å²) in [4.78, 5) is 4.61. The summed E-state index contributed by atoms with van der Waals surface area (Å²) >= 11 is 1.54. The van der Waals surface area contributed by atoms with Gasteiger partial charge in [0, 0.05) is 11.9 Å². The lowest BCUT2D eigenvalue weighted by molar-refractivity contribution is 0.420. The molecule has 0 aliphatic heterocycles. The Bertz CT molecular complexity index is 1210. The molecule has 0 fully saturated rings. The second-order valence-electron chi connectivity index (χ2n) is 7.57. The molecule has 0 unspecified atom stereocenters. The van der Waals surface area contributed by atoms with Gasteiger partial charge in [-0.3, -0.25) is 0 Å². The van der Waals surface area contributed by atoms with Crippen molar-refractivity contribution >= 4 is 21.4 Å². The van der Waals surface area contributed by atoms with Crippen LogP contribution in [0.3, 0.4) is 0 Å². The van der Waals surface area contributed by atoms with Crippen molar-refractivity contribution in [3.8, 4) is 0 Å². The number of nitrogens with one attached hydrogen (secondary N) is 2. The van der Waals surface area contributed by atoms with Gasteiger partial charge in [-0.25, -0.2) is 18.1 Å². The van der Waals surface area contributed by atoms with Gasteiger partial charge in [0.15, 0.2) is 0 Å². The third-order valence-corrected chi connectivity index (χ3v) is 7.34. The Balaban J connectivity index is 1.73. The Morgan fingerprint density at radius 3 is 2.00 bits per heavy atom. The fourth-order valence-corrected chi connectivity index (χ4v) is 5.36. The van der Waals surface area contributed by atoms with Gasteiger partial charge < -0.3 is 5.32 Å². The van der Waals surface area contributed by atoms with Crippen molar-refractivity contribution in [2.24, 2.45) is 0 Å². The number of benzene rings is 3. The molecule has 0 amide bonds. The summed E-state index contributed by atoms with van der Waals surface area (Å²) in [5.74, 6) is 0. The van der Waals surface area contributed by atoms with E-state index in [1.54, 1.807) is 29.8 Å². The van der Waals surface area contributed by atoms with Gasteiger partial charge >= 0.3 is 0 Å². The first-order valence-corrected chi connectivity index (χ1v) is 12.7. The molecule has 7 heteroatoms. The number of aromatic nitrogens is 1. The van der Waals surface area contributed by atoms with Gasteiger partial charge in [-0.2, -0.15) is 0 Å². The zero-order valence-corrected chi connectivity index (χ0v) is 19.3. The summed E-state index contributed by atoms with van der Waals surface area (Å²) in [6.07, 6.45) is 0. The van der Waals surface area contributed by atoms with Gasteiger partial charge in [-0.05, 0) is 30.2 Å². The Labute approximate surface area is 193 Å². The zero-order chi connectivity index (χ0) is 22.4. The Morgan fingerprint density at radius 1 is 0.844 bits per heavy atom. The van der Waals surface area contributed by atoms with E-state index in [4.69, 9.17) is 0 Å². The molecule has 164 valence electrons. The van der Waals surface area contributed by atoms with E-state index >= 15 is 0 Å². The fraction of sp³-hybridized carbons (Fsp3) is 0.160. The third-order valence-electron chi connectivity index (χ3n) is 5.25. The maximum atomic E-state index is 13.3. The lowest BCUT2D eigenvalue weighted by Gasteiger charge is -2.30. The SMILES string of the molecule is Cc1ccc(S(=O)(=O)N[C@H](c2ccccc2)[C@H](NCc2cscn2)c2ccccc2)cc1. The molecule has 1 heterocycles. The quantitative estimate of drug-likeness (QED) is 0.366. The molecule has 3 aromatic carbocycles. The highest BCUT2D eigenvalue weighted by Crippen LogP contribution is 2.31. The number of sulfonamides is 1. The predicted octanol–water partition coefficient (Wildman–Crippen LogP) is 5.00. The van der Waals surface area contributed by atoms with Crippen molar-refractivity contribution < 1.29 is 8.42 Å². The van der Waals surface area contributed by atoms with Gasteiger partial charge in [0.25, 0.3) is 0 Å². The number of hydrogen-bond donors (Lipinski definition) is 2. The van der Waals surface area contributed by atoms with E-state index in [-0.39, 0.29) is 10.9 Å². The molecule has 4 rings (SSSR count). The van der Waals surface area contributed by atoms with E-state index in [1.807, 2.05) is 73.0 Å². The number of nitrogens with zero attached hydrogens (tertiary/aromatic N) is 1. The Kier molecular flexibility index (Phi) is 7.12. The van der Waals surface area contributed by atoms with Crippen LogP contribution in [0.25, 0.3) is 0 Å². The molecule has 0 spiro atoms. The topological polar surface area (TPSA) is 71.1 Å². The monoisotopic (exact) mass is 463 g/mol. The summed E-state index contributed by atoms with van der Waals surface area (Å²) in [5, 5.41) is 5.53. The smallest absolute Gasteiger partial charge is 0.241 e. The number of rotatable bonds is 9. The molecule has 0 saturated heterocycles. The number of hydrogen-bond acceptors (Lipinski definition) is 5. The first-order chi connectivity index (χ1) is 15.5. The molecular formula is C25H25N3O2S2. The van der Waals surface area contributed by atoms with E-state index < -0.39 is 16.1 Å². The molecule has 0 aliphatic rings.